The topological polar surface area (TPSA) is 80.1 Å². The number of amides is 1. The van der Waals surface area contributed by atoms with E-state index >= 15 is 0 Å². The number of ether oxygens (including phenoxy) is 2. The van der Waals surface area contributed by atoms with Crippen LogP contribution in [-0.4, -0.2) is 75.6 Å². The van der Waals surface area contributed by atoms with Crippen LogP contribution in [0.25, 0.3) is 0 Å². The Balaban J connectivity index is 1.36. The Morgan fingerprint density at radius 3 is 2.67 bits per heavy atom. The number of nitrogens with zero attached hydrogens (tertiary/aromatic N) is 4. The molecule has 0 aliphatic carbocycles. The first-order valence-corrected chi connectivity index (χ1v) is 12.2. The first kappa shape index (κ1) is 25.7. The second-order valence-electron chi connectivity index (χ2n) is 9.24. The summed E-state index contributed by atoms with van der Waals surface area (Å²) in [5, 5.41) is 15.6. The highest BCUT2D eigenvalue weighted by Gasteiger charge is 2.36. The zero-order chi connectivity index (χ0) is 25.4. The van der Waals surface area contributed by atoms with Crippen molar-refractivity contribution in [2.24, 2.45) is 0 Å². The van der Waals surface area contributed by atoms with Crippen LogP contribution in [0, 0.1) is 5.82 Å². The number of hydrogen-bond acceptors (Lipinski definition) is 6. The van der Waals surface area contributed by atoms with Crippen LogP contribution >= 0.6 is 0 Å². The molecule has 0 saturated carbocycles. The number of carbonyl (C=O) groups is 1. The third-order valence-corrected chi connectivity index (χ3v) is 6.12. The van der Waals surface area contributed by atoms with Gasteiger partial charge >= 0.3 is 0 Å². The molecule has 1 saturated heterocycles. The fourth-order valence-corrected chi connectivity index (χ4v) is 4.33. The minimum absolute atomic E-state index is 0.0156. The van der Waals surface area contributed by atoms with Crippen molar-refractivity contribution < 1.29 is 23.8 Å². The van der Waals surface area contributed by atoms with Crippen molar-refractivity contribution in [3.05, 3.63) is 78.4 Å². The van der Waals surface area contributed by atoms with Crippen molar-refractivity contribution in [3.8, 4) is 11.5 Å². The number of benzene rings is 2. The number of β-amino-alcohol motifs (C(OH)–C–C–N with tert-alkyl or cyclic N) is 1. The highest BCUT2D eigenvalue weighted by atomic mass is 19.1. The molecule has 1 aliphatic heterocycles. The van der Waals surface area contributed by atoms with E-state index < -0.39 is 5.60 Å². The Bertz CT molecular complexity index is 1110. The molecule has 1 amide bonds. The fraction of sp³-hybridized carbons (Fsp3) is 0.407. The van der Waals surface area contributed by atoms with Crippen molar-refractivity contribution in [1.29, 1.82) is 0 Å². The van der Waals surface area contributed by atoms with E-state index in [-0.39, 0.29) is 24.9 Å². The van der Waals surface area contributed by atoms with Gasteiger partial charge in [0.05, 0.1) is 13.2 Å². The van der Waals surface area contributed by atoms with Crippen LogP contribution in [0.15, 0.2) is 67.0 Å². The summed E-state index contributed by atoms with van der Waals surface area (Å²) < 4.78 is 26.8. The molecule has 0 radical (unpaired) electrons. The van der Waals surface area contributed by atoms with E-state index in [9.17, 15) is 14.3 Å². The van der Waals surface area contributed by atoms with E-state index in [0.29, 0.717) is 38.5 Å². The van der Waals surface area contributed by atoms with Crippen molar-refractivity contribution >= 4 is 5.91 Å². The zero-order valence-corrected chi connectivity index (χ0v) is 20.6. The van der Waals surface area contributed by atoms with Crippen molar-refractivity contribution in [2.75, 3.05) is 39.4 Å². The number of hydrogen-bond donors (Lipinski definition) is 1. The van der Waals surface area contributed by atoms with E-state index in [2.05, 4.69) is 10.00 Å². The quantitative estimate of drug-likeness (QED) is 0.435. The normalized spacial score (nSPS) is 18.6. The van der Waals surface area contributed by atoms with Crippen LogP contribution < -0.4 is 9.47 Å². The number of aromatic nitrogens is 2. The van der Waals surface area contributed by atoms with Crippen molar-refractivity contribution in [3.63, 3.8) is 0 Å². The van der Waals surface area contributed by atoms with Crippen LogP contribution in [0.1, 0.15) is 18.9 Å². The van der Waals surface area contributed by atoms with E-state index in [4.69, 9.17) is 9.47 Å². The number of carbonyl (C=O) groups excluding carboxylic acids is 1. The Morgan fingerprint density at radius 1 is 1.08 bits per heavy atom. The molecule has 3 aromatic rings. The summed E-state index contributed by atoms with van der Waals surface area (Å²) in [6, 6.07) is 15.5. The summed E-state index contributed by atoms with van der Waals surface area (Å²) >= 11 is 0. The number of rotatable bonds is 10. The van der Waals surface area contributed by atoms with Crippen LogP contribution in [0.2, 0.25) is 0 Å². The average Bonchev–Trinajstić information content (AvgIpc) is 3.32. The molecular weight excluding hydrogens is 463 g/mol. The molecule has 2 aromatic carbocycles. The third-order valence-electron chi connectivity index (χ3n) is 6.12. The Labute approximate surface area is 210 Å². The summed E-state index contributed by atoms with van der Waals surface area (Å²) in [6.07, 6.45) is 4.54. The van der Waals surface area contributed by atoms with E-state index in [1.807, 2.05) is 41.2 Å². The van der Waals surface area contributed by atoms with E-state index in [1.165, 1.54) is 31.2 Å². The van der Waals surface area contributed by atoms with Gasteiger partial charge in [0.2, 0.25) is 5.91 Å². The maximum absolute atomic E-state index is 13.2. The summed E-state index contributed by atoms with van der Waals surface area (Å²) in [7, 11) is 0. The standard InChI is InChI=1S/C27H33FN4O4/c1-22(33)31-15-14-30(19-27(34,20-31)21-36-25-9-7-24(28)8-10-25)18-23-5-2-6-26(17-23)35-16-4-13-32-12-3-11-29-32/h2-3,5-12,17,34H,4,13-16,18-21H2,1H3. The van der Waals surface area contributed by atoms with Gasteiger partial charge in [0.1, 0.15) is 29.5 Å². The Kier molecular flexibility index (Phi) is 8.56. The molecule has 1 aliphatic rings. The van der Waals surface area contributed by atoms with Crippen LogP contribution in [0.3, 0.4) is 0 Å². The summed E-state index contributed by atoms with van der Waals surface area (Å²) in [6.45, 7) is 5.09. The van der Waals surface area contributed by atoms with Gasteiger partial charge in [0, 0.05) is 58.5 Å². The summed E-state index contributed by atoms with van der Waals surface area (Å²) in [5.74, 6) is 0.812. The monoisotopic (exact) mass is 496 g/mol. The minimum atomic E-state index is -1.28. The lowest BCUT2D eigenvalue weighted by atomic mass is 10.0. The maximum Gasteiger partial charge on any atom is 0.219 e. The minimum Gasteiger partial charge on any atom is -0.494 e. The van der Waals surface area contributed by atoms with Crippen LogP contribution in [0.4, 0.5) is 4.39 Å². The molecular formula is C27H33FN4O4. The average molecular weight is 497 g/mol. The molecule has 2 heterocycles. The molecule has 1 atom stereocenters. The van der Waals surface area contributed by atoms with Gasteiger partial charge in [0.25, 0.3) is 0 Å². The second-order valence-corrected chi connectivity index (χ2v) is 9.24. The number of halogens is 1. The first-order valence-electron chi connectivity index (χ1n) is 12.2. The molecule has 36 heavy (non-hydrogen) atoms. The van der Waals surface area contributed by atoms with Crippen LogP contribution in [0.5, 0.6) is 11.5 Å². The fourth-order valence-electron chi connectivity index (χ4n) is 4.33. The lowest BCUT2D eigenvalue weighted by Gasteiger charge is -2.32. The van der Waals surface area contributed by atoms with E-state index in [1.54, 1.807) is 11.1 Å². The highest BCUT2D eigenvalue weighted by molar-refractivity contribution is 5.73. The molecule has 8 nitrogen and oxygen atoms in total. The summed E-state index contributed by atoms with van der Waals surface area (Å²) in [4.78, 5) is 15.9. The van der Waals surface area contributed by atoms with Crippen molar-refractivity contribution in [2.45, 2.75) is 32.0 Å². The lowest BCUT2D eigenvalue weighted by molar-refractivity contribution is -0.132. The second kappa shape index (κ2) is 12.0. The third kappa shape index (κ3) is 7.53. The molecule has 0 bridgehead atoms. The SMILES string of the molecule is CC(=O)N1CCN(Cc2cccc(OCCCn3cccn3)c2)CC(O)(COc2ccc(F)cc2)C1. The Morgan fingerprint density at radius 2 is 1.92 bits per heavy atom. The van der Waals surface area contributed by atoms with Gasteiger partial charge < -0.3 is 19.5 Å². The van der Waals surface area contributed by atoms with Gasteiger partial charge in [0.15, 0.2) is 0 Å². The summed E-state index contributed by atoms with van der Waals surface area (Å²) in [5.41, 5.74) is -0.227. The number of aliphatic hydroxyl groups is 1. The molecule has 192 valence electrons. The molecule has 1 aromatic heterocycles. The predicted molar refractivity (Wildman–Crippen MR) is 133 cm³/mol. The number of aryl methyl sites for hydroxylation is 1. The van der Waals surface area contributed by atoms with Gasteiger partial charge in [-0.2, -0.15) is 5.10 Å². The molecule has 9 heteroatoms. The van der Waals surface area contributed by atoms with Gasteiger partial charge in [-0.05, 0) is 48.0 Å². The first-order chi connectivity index (χ1) is 17.4. The highest BCUT2D eigenvalue weighted by Crippen LogP contribution is 2.21. The molecule has 0 spiro atoms. The lowest BCUT2D eigenvalue weighted by Crippen LogP contribution is -2.51. The van der Waals surface area contributed by atoms with Crippen LogP contribution in [-0.2, 0) is 17.9 Å². The predicted octanol–water partition coefficient (Wildman–Crippen LogP) is 2.97. The smallest absolute Gasteiger partial charge is 0.219 e. The largest absolute Gasteiger partial charge is 0.494 e. The van der Waals surface area contributed by atoms with Gasteiger partial charge in [-0.15, -0.1) is 0 Å². The van der Waals surface area contributed by atoms with Gasteiger partial charge in [-0.3, -0.25) is 14.4 Å². The van der Waals surface area contributed by atoms with Gasteiger partial charge in [-0.25, -0.2) is 4.39 Å². The molecule has 1 unspecified atom stereocenters. The van der Waals surface area contributed by atoms with Crippen molar-refractivity contribution in [1.82, 2.24) is 19.6 Å². The molecule has 1 fully saturated rings. The maximum atomic E-state index is 13.2. The van der Waals surface area contributed by atoms with Gasteiger partial charge in [-0.1, -0.05) is 12.1 Å². The molecule has 4 rings (SSSR count). The zero-order valence-electron chi connectivity index (χ0n) is 20.6. The molecule has 1 N–H and O–H groups in total. The van der Waals surface area contributed by atoms with E-state index in [0.717, 1.165) is 24.3 Å². The Hall–Kier alpha value is -3.43.